The molecule has 1 unspecified atom stereocenters. The zero-order valence-electron chi connectivity index (χ0n) is 16.1. The van der Waals surface area contributed by atoms with Crippen LogP contribution >= 0.6 is 0 Å². The molecule has 0 aliphatic rings. The van der Waals surface area contributed by atoms with Crippen LogP contribution in [0.1, 0.15) is 104 Å². The molecular formula is C20H38O4. The van der Waals surface area contributed by atoms with Gasteiger partial charge in [0.25, 0.3) is 0 Å². The first-order valence-corrected chi connectivity index (χ1v) is 9.95. The van der Waals surface area contributed by atoms with Crippen molar-refractivity contribution >= 4 is 11.9 Å². The maximum absolute atomic E-state index is 11.7. The molecule has 0 N–H and O–H groups in total. The fourth-order valence-corrected chi connectivity index (χ4v) is 2.60. The van der Waals surface area contributed by atoms with Crippen LogP contribution in [0.5, 0.6) is 0 Å². The first-order valence-electron chi connectivity index (χ1n) is 9.95. The molecule has 1 atom stereocenters. The van der Waals surface area contributed by atoms with E-state index in [0.29, 0.717) is 6.61 Å². The highest BCUT2D eigenvalue weighted by atomic mass is 16.6. The van der Waals surface area contributed by atoms with Crippen molar-refractivity contribution in [1.29, 1.82) is 0 Å². The number of hydrogen-bond donors (Lipinski definition) is 0. The molecule has 0 amide bonds. The summed E-state index contributed by atoms with van der Waals surface area (Å²) in [5.41, 5.74) is 0. The van der Waals surface area contributed by atoms with Crippen molar-refractivity contribution in [2.75, 3.05) is 6.61 Å². The first kappa shape index (κ1) is 22.9. The molecule has 0 aliphatic carbocycles. The van der Waals surface area contributed by atoms with Crippen molar-refractivity contribution in [3.8, 4) is 0 Å². The van der Waals surface area contributed by atoms with E-state index in [2.05, 4.69) is 13.8 Å². The fraction of sp³-hybridized carbons (Fsp3) is 0.900. The van der Waals surface area contributed by atoms with Gasteiger partial charge >= 0.3 is 11.9 Å². The molecular weight excluding hydrogens is 304 g/mol. The molecule has 0 aromatic heterocycles. The standard InChI is InChI=1S/C20H38O4/c1-4-6-8-10-11-13-15-18(3)24-20(22)17-19(21)23-16-14-12-9-7-5-2/h18H,4-17H2,1-3H3. The van der Waals surface area contributed by atoms with Crippen LogP contribution in [0.25, 0.3) is 0 Å². The molecule has 0 fully saturated rings. The Balaban J connectivity index is 3.56. The summed E-state index contributed by atoms with van der Waals surface area (Å²) in [7, 11) is 0. The van der Waals surface area contributed by atoms with E-state index in [1.165, 1.54) is 51.4 Å². The van der Waals surface area contributed by atoms with E-state index in [9.17, 15) is 9.59 Å². The van der Waals surface area contributed by atoms with Gasteiger partial charge in [0.05, 0.1) is 12.7 Å². The third kappa shape index (κ3) is 15.8. The van der Waals surface area contributed by atoms with E-state index >= 15 is 0 Å². The van der Waals surface area contributed by atoms with Gasteiger partial charge in [-0.1, -0.05) is 71.6 Å². The summed E-state index contributed by atoms with van der Waals surface area (Å²) >= 11 is 0. The molecule has 0 bridgehead atoms. The van der Waals surface area contributed by atoms with E-state index < -0.39 is 11.9 Å². The third-order valence-electron chi connectivity index (χ3n) is 4.10. The van der Waals surface area contributed by atoms with E-state index in [0.717, 1.165) is 25.7 Å². The number of unbranched alkanes of at least 4 members (excludes halogenated alkanes) is 9. The summed E-state index contributed by atoms with van der Waals surface area (Å²) < 4.78 is 10.3. The lowest BCUT2D eigenvalue weighted by atomic mass is 10.1. The molecule has 24 heavy (non-hydrogen) atoms. The van der Waals surface area contributed by atoms with Crippen molar-refractivity contribution in [1.82, 2.24) is 0 Å². The van der Waals surface area contributed by atoms with Gasteiger partial charge in [-0.25, -0.2) is 0 Å². The van der Waals surface area contributed by atoms with Crippen LogP contribution in [-0.2, 0) is 19.1 Å². The molecule has 0 aromatic rings. The summed E-state index contributed by atoms with van der Waals surface area (Å²) in [5.74, 6) is -0.938. The SMILES string of the molecule is CCCCCCCCC(C)OC(=O)CC(=O)OCCCCCCC. The fourth-order valence-electron chi connectivity index (χ4n) is 2.60. The van der Waals surface area contributed by atoms with Gasteiger partial charge in [-0.3, -0.25) is 9.59 Å². The van der Waals surface area contributed by atoms with Gasteiger partial charge in [0.15, 0.2) is 0 Å². The molecule has 0 aromatic carbocycles. The minimum Gasteiger partial charge on any atom is -0.465 e. The van der Waals surface area contributed by atoms with Crippen molar-refractivity contribution in [2.45, 2.75) is 110 Å². The average molecular weight is 343 g/mol. The minimum absolute atomic E-state index is 0.120. The van der Waals surface area contributed by atoms with Crippen LogP contribution in [0, 0.1) is 0 Å². The number of hydrogen-bond acceptors (Lipinski definition) is 4. The number of rotatable bonds is 16. The largest absolute Gasteiger partial charge is 0.465 e. The van der Waals surface area contributed by atoms with Crippen LogP contribution in [0.3, 0.4) is 0 Å². The van der Waals surface area contributed by atoms with Gasteiger partial charge in [0.1, 0.15) is 6.42 Å². The molecule has 0 saturated carbocycles. The highest BCUT2D eigenvalue weighted by Crippen LogP contribution is 2.11. The Hall–Kier alpha value is -1.06. The zero-order valence-corrected chi connectivity index (χ0v) is 16.1. The smallest absolute Gasteiger partial charge is 0.317 e. The molecule has 0 aliphatic heterocycles. The van der Waals surface area contributed by atoms with Gasteiger partial charge in [-0.15, -0.1) is 0 Å². The Morgan fingerprint density at radius 2 is 1.29 bits per heavy atom. The Labute approximate surface area is 148 Å². The average Bonchev–Trinajstić information content (AvgIpc) is 2.53. The molecule has 0 saturated heterocycles. The zero-order chi connectivity index (χ0) is 18.0. The van der Waals surface area contributed by atoms with Gasteiger partial charge in [0, 0.05) is 0 Å². The van der Waals surface area contributed by atoms with Gasteiger partial charge < -0.3 is 9.47 Å². The van der Waals surface area contributed by atoms with Crippen molar-refractivity contribution in [3.63, 3.8) is 0 Å². The Morgan fingerprint density at radius 1 is 0.750 bits per heavy atom. The Morgan fingerprint density at radius 3 is 1.92 bits per heavy atom. The van der Waals surface area contributed by atoms with Crippen molar-refractivity contribution in [3.05, 3.63) is 0 Å². The van der Waals surface area contributed by atoms with Gasteiger partial charge in [-0.05, 0) is 26.2 Å². The molecule has 0 rings (SSSR count). The normalized spacial score (nSPS) is 12.0. The maximum atomic E-state index is 11.7. The summed E-state index contributed by atoms with van der Waals surface area (Å²) in [6.45, 7) is 6.67. The van der Waals surface area contributed by atoms with Crippen LogP contribution in [0.4, 0.5) is 0 Å². The van der Waals surface area contributed by atoms with Gasteiger partial charge in [0.2, 0.25) is 0 Å². The number of carbonyl (C=O) groups is 2. The predicted octanol–water partition coefficient (Wildman–Crippen LogP) is 5.57. The monoisotopic (exact) mass is 342 g/mol. The van der Waals surface area contributed by atoms with Crippen LogP contribution in [0.15, 0.2) is 0 Å². The molecule has 0 spiro atoms. The lowest BCUT2D eigenvalue weighted by Crippen LogP contribution is -2.19. The topological polar surface area (TPSA) is 52.6 Å². The second-order valence-corrected chi connectivity index (χ2v) is 6.67. The summed E-state index contributed by atoms with van der Waals surface area (Å²) in [5, 5.41) is 0. The summed E-state index contributed by atoms with van der Waals surface area (Å²) in [4.78, 5) is 23.3. The summed E-state index contributed by atoms with van der Waals surface area (Å²) in [6.07, 6.45) is 13.3. The second-order valence-electron chi connectivity index (χ2n) is 6.67. The molecule has 142 valence electrons. The second kappa shape index (κ2) is 16.8. The van der Waals surface area contributed by atoms with Crippen molar-refractivity contribution < 1.29 is 19.1 Å². The number of ether oxygens (including phenoxy) is 2. The third-order valence-corrected chi connectivity index (χ3v) is 4.10. The first-order chi connectivity index (χ1) is 11.6. The lowest BCUT2D eigenvalue weighted by Gasteiger charge is -2.13. The lowest BCUT2D eigenvalue weighted by molar-refractivity contribution is -0.157. The molecule has 0 radical (unpaired) electrons. The van der Waals surface area contributed by atoms with E-state index in [-0.39, 0.29) is 12.5 Å². The molecule has 4 heteroatoms. The van der Waals surface area contributed by atoms with E-state index in [4.69, 9.17) is 9.47 Å². The van der Waals surface area contributed by atoms with Gasteiger partial charge in [-0.2, -0.15) is 0 Å². The summed E-state index contributed by atoms with van der Waals surface area (Å²) in [6, 6.07) is 0. The maximum Gasteiger partial charge on any atom is 0.317 e. The van der Waals surface area contributed by atoms with Crippen LogP contribution in [-0.4, -0.2) is 24.6 Å². The molecule has 4 nitrogen and oxygen atoms in total. The highest BCUT2D eigenvalue weighted by Gasteiger charge is 2.15. The minimum atomic E-state index is -0.470. The van der Waals surface area contributed by atoms with E-state index in [1.54, 1.807) is 0 Å². The molecule has 0 heterocycles. The number of esters is 2. The quantitative estimate of drug-likeness (QED) is 0.209. The van der Waals surface area contributed by atoms with Crippen LogP contribution < -0.4 is 0 Å². The van der Waals surface area contributed by atoms with Crippen molar-refractivity contribution in [2.24, 2.45) is 0 Å². The van der Waals surface area contributed by atoms with E-state index in [1.807, 2.05) is 6.92 Å². The highest BCUT2D eigenvalue weighted by molar-refractivity contribution is 5.91. The Kier molecular flexibility index (Phi) is 16.0. The van der Waals surface area contributed by atoms with Crippen LogP contribution in [0.2, 0.25) is 0 Å². The number of carbonyl (C=O) groups excluding carboxylic acids is 2. The predicted molar refractivity (Wildman–Crippen MR) is 97.9 cm³/mol. The Bertz CT molecular complexity index is 315.